The molecule has 3 nitrogen and oxygen atoms in total. The van der Waals surface area contributed by atoms with Crippen LogP contribution < -0.4 is 5.43 Å². The van der Waals surface area contributed by atoms with Gasteiger partial charge in [0.2, 0.25) is 0 Å². The van der Waals surface area contributed by atoms with Crippen molar-refractivity contribution in [2.75, 3.05) is 5.43 Å². The van der Waals surface area contributed by atoms with Gasteiger partial charge in [0.1, 0.15) is 0 Å². The van der Waals surface area contributed by atoms with Crippen LogP contribution in [0.15, 0.2) is 33.4 Å². The predicted octanol–water partition coefficient (Wildman–Crippen LogP) is 4.66. The van der Waals surface area contributed by atoms with Gasteiger partial charge in [-0.15, -0.1) is 11.3 Å². The highest BCUT2D eigenvalue weighted by molar-refractivity contribution is 9.10. The number of aromatic nitrogens is 1. The minimum Gasteiger partial charge on any atom is -0.275 e. The number of pyridine rings is 1. The molecule has 0 fully saturated rings. The summed E-state index contributed by atoms with van der Waals surface area (Å²) in [7, 11) is 0. The van der Waals surface area contributed by atoms with E-state index in [2.05, 4.69) is 31.4 Å². The summed E-state index contributed by atoms with van der Waals surface area (Å²) < 4.78 is 1.03. The highest BCUT2D eigenvalue weighted by atomic mass is 79.9. The molecule has 17 heavy (non-hydrogen) atoms. The highest BCUT2D eigenvalue weighted by Gasteiger charge is 2.04. The molecule has 0 aliphatic heterocycles. The van der Waals surface area contributed by atoms with Crippen molar-refractivity contribution in [1.82, 2.24) is 4.98 Å². The molecule has 2 heterocycles. The Bertz CT molecular complexity index is 536. The number of hydrogen-bond acceptors (Lipinski definition) is 4. The van der Waals surface area contributed by atoms with Gasteiger partial charge < -0.3 is 0 Å². The number of rotatable bonds is 3. The average molecular weight is 351 g/mol. The summed E-state index contributed by atoms with van der Waals surface area (Å²) >= 11 is 16.8. The van der Waals surface area contributed by atoms with Crippen molar-refractivity contribution in [1.29, 1.82) is 0 Å². The minimum atomic E-state index is 0.432. The fourth-order valence-corrected chi connectivity index (χ4v) is 2.83. The molecule has 7 heteroatoms. The van der Waals surface area contributed by atoms with Crippen LogP contribution in [-0.2, 0) is 0 Å². The maximum Gasteiger partial charge on any atom is 0.0965 e. The fourth-order valence-electron chi connectivity index (χ4n) is 1.07. The molecule has 2 aromatic heterocycles. The number of hydrogen-bond donors (Lipinski definition) is 1. The molecule has 2 rings (SSSR count). The largest absolute Gasteiger partial charge is 0.275 e. The molecule has 2 aromatic rings. The van der Waals surface area contributed by atoms with E-state index < -0.39 is 0 Å². The molecular formula is C10H6BrCl2N3S. The Kier molecular flexibility index (Phi) is 4.39. The summed E-state index contributed by atoms with van der Waals surface area (Å²) in [5.74, 6) is 0. The smallest absolute Gasteiger partial charge is 0.0965 e. The van der Waals surface area contributed by atoms with Gasteiger partial charge in [0, 0.05) is 27.1 Å². The zero-order chi connectivity index (χ0) is 12.3. The van der Waals surface area contributed by atoms with Gasteiger partial charge in [-0.05, 0) is 22.0 Å². The Morgan fingerprint density at radius 2 is 2.06 bits per heavy atom. The van der Waals surface area contributed by atoms with E-state index in [0.717, 1.165) is 9.35 Å². The van der Waals surface area contributed by atoms with Gasteiger partial charge in [-0.25, -0.2) is 0 Å². The van der Waals surface area contributed by atoms with Crippen molar-refractivity contribution in [3.05, 3.63) is 43.2 Å². The molecule has 0 unspecified atom stereocenters. The summed E-state index contributed by atoms with van der Waals surface area (Å²) in [6, 6.07) is 1.96. The second-order valence-corrected chi connectivity index (χ2v) is 5.69. The van der Waals surface area contributed by atoms with E-state index in [4.69, 9.17) is 23.2 Å². The van der Waals surface area contributed by atoms with Crippen LogP contribution in [-0.4, -0.2) is 11.2 Å². The van der Waals surface area contributed by atoms with Crippen LogP contribution in [0.5, 0.6) is 0 Å². The molecule has 88 valence electrons. The van der Waals surface area contributed by atoms with Crippen molar-refractivity contribution < 1.29 is 0 Å². The SMILES string of the molecule is Clc1cncc(Cl)c1N/N=C/c1cc(Br)cs1. The molecular weight excluding hydrogens is 345 g/mol. The number of anilines is 1. The third kappa shape index (κ3) is 3.42. The summed E-state index contributed by atoms with van der Waals surface area (Å²) in [6.07, 6.45) is 4.71. The maximum atomic E-state index is 5.93. The molecule has 0 saturated carbocycles. The summed E-state index contributed by atoms with van der Waals surface area (Å²) in [5, 5.41) is 6.91. The highest BCUT2D eigenvalue weighted by Crippen LogP contribution is 2.28. The van der Waals surface area contributed by atoms with E-state index in [1.165, 1.54) is 12.4 Å². The zero-order valence-corrected chi connectivity index (χ0v) is 12.2. The molecule has 0 aliphatic rings. The standard InChI is InChI=1S/C10H6BrCl2N3S/c11-6-1-7(17-5-6)2-15-16-10-8(12)3-14-4-9(10)13/h1-5H,(H,14,16)/b15-2+. The van der Waals surface area contributed by atoms with E-state index in [-0.39, 0.29) is 0 Å². The number of nitrogens with zero attached hydrogens (tertiary/aromatic N) is 2. The first kappa shape index (κ1) is 12.8. The van der Waals surface area contributed by atoms with Gasteiger partial charge in [0.05, 0.1) is 21.9 Å². The second-order valence-electron chi connectivity index (χ2n) is 3.02. The van der Waals surface area contributed by atoms with Crippen LogP contribution in [0, 0.1) is 0 Å². The van der Waals surface area contributed by atoms with Crippen LogP contribution in [0.2, 0.25) is 10.0 Å². The third-order valence-corrected chi connectivity index (χ3v) is 4.01. The first-order valence-electron chi connectivity index (χ1n) is 4.49. The van der Waals surface area contributed by atoms with Crippen LogP contribution in [0.4, 0.5) is 5.69 Å². The van der Waals surface area contributed by atoms with Gasteiger partial charge in [0.25, 0.3) is 0 Å². The molecule has 0 aliphatic carbocycles. The van der Waals surface area contributed by atoms with Crippen molar-refractivity contribution in [2.24, 2.45) is 5.10 Å². The lowest BCUT2D eigenvalue weighted by Crippen LogP contribution is -1.92. The molecule has 0 atom stereocenters. The van der Waals surface area contributed by atoms with Gasteiger partial charge in [-0.3, -0.25) is 10.4 Å². The first-order valence-corrected chi connectivity index (χ1v) is 6.92. The number of thiophene rings is 1. The molecule has 0 radical (unpaired) electrons. The molecule has 0 bridgehead atoms. The van der Waals surface area contributed by atoms with Crippen LogP contribution >= 0.6 is 50.5 Å². The topological polar surface area (TPSA) is 37.3 Å². The minimum absolute atomic E-state index is 0.432. The van der Waals surface area contributed by atoms with E-state index in [0.29, 0.717) is 15.7 Å². The summed E-state index contributed by atoms with van der Waals surface area (Å²) in [4.78, 5) is 4.87. The third-order valence-electron chi connectivity index (χ3n) is 1.81. The lowest BCUT2D eigenvalue weighted by molar-refractivity contribution is 1.28. The van der Waals surface area contributed by atoms with Crippen molar-refractivity contribution in [3.8, 4) is 0 Å². The van der Waals surface area contributed by atoms with Gasteiger partial charge in [0.15, 0.2) is 0 Å². The lowest BCUT2D eigenvalue weighted by Gasteiger charge is -2.03. The molecule has 0 aromatic carbocycles. The quantitative estimate of drug-likeness (QED) is 0.645. The predicted molar refractivity (Wildman–Crippen MR) is 77.5 cm³/mol. The van der Waals surface area contributed by atoms with Gasteiger partial charge in [-0.2, -0.15) is 5.10 Å². The van der Waals surface area contributed by atoms with Crippen LogP contribution in [0.25, 0.3) is 0 Å². The van der Waals surface area contributed by atoms with Gasteiger partial charge in [-0.1, -0.05) is 23.2 Å². The molecule has 0 saturated heterocycles. The Morgan fingerprint density at radius 1 is 1.35 bits per heavy atom. The molecule has 1 N–H and O–H groups in total. The zero-order valence-electron chi connectivity index (χ0n) is 8.32. The average Bonchev–Trinajstić information content (AvgIpc) is 2.69. The van der Waals surface area contributed by atoms with Crippen LogP contribution in [0.3, 0.4) is 0 Å². The van der Waals surface area contributed by atoms with E-state index in [9.17, 15) is 0 Å². The van der Waals surface area contributed by atoms with Crippen molar-refractivity contribution in [2.45, 2.75) is 0 Å². The van der Waals surface area contributed by atoms with E-state index >= 15 is 0 Å². The van der Waals surface area contributed by atoms with E-state index in [1.807, 2.05) is 11.4 Å². The Labute approximate surface area is 121 Å². The normalized spacial score (nSPS) is 11.0. The van der Waals surface area contributed by atoms with Crippen molar-refractivity contribution in [3.63, 3.8) is 0 Å². The number of nitrogens with one attached hydrogen (secondary N) is 1. The first-order chi connectivity index (χ1) is 8.16. The van der Waals surface area contributed by atoms with Crippen LogP contribution in [0.1, 0.15) is 4.88 Å². The Morgan fingerprint density at radius 3 is 2.65 bits per heavy atom. The number of halogens is 3. The maximum absolute atomic E-state index is 5.93. The fraction of sp³-hybridized carbons (Fsp3) is 0. The second kappa shape index (κ2) is 5.82. The monoisotopic (exact) mass is 349 g/mol. The number of hydrazone groups is 1. The summed E-state index contributed by atoms with van der Waals surface area (Å²) in [6.45, 7) is 0. The molecule has 0 amide bonds. The lowest BCUT2D eigenvalue weighted by atomic mass is 10.4. The molecule has 0 spiro atoms. The van der Waals surface area contributed by atoms with Crippen molar-refractivity contribution >= 4 is 62.4 Å². The Hall–Kier alpha value is -0.620. The van der Waals surface area contributed by atoms with Gasteiger partial charge >= 0.3 is 0 Å². The summed E-state index contributed by atoms with van der Waals surface area (Å²) in [5.41, 5.74) is 3.35. The van der Waals surface area contributed by atoms with E-state index in [1.54, 1.807) is 17.6 Å². The Balaban J connectivity index is 2.10.